The molecule has 2 rings (SSSR count). The molecule has 0 aliphatic heterocycles. The summed E-state index contributed by atoms with van der Waals surface area (Å²) in [5.74, 6) is -0.188. The van der Waals surface area contributed by atoms with Crippen molar-refractivity contribution in [3.63, 3.8) is 0 Å². The molecule has 1 aliphatic rings. The van der Waals surface area contributed by atoms with Crippen LogP contribution >= 0.6 is 0 Å². The van der Waals surface area contributed by atoms with Crippen molar-refractivity contribution in [2.75, 3.05) is 0 Å². The van der Waals surface area contributed by atoms with Crippen LogP contribution in [-0.4, -0.2) is 25.8 Å². The van der Waals surface area contributed by atoms with Crippen LogP contribution in [-0.2, 0) is 11.3 Å². The fourth-order valence-corrected chi connectivity index (χ4v) is 1.40. The van der Waals surface area contributed by atoms with Crippen LogP contribution in [0.5, 0.6) is 0 Å². The zero-order valence-corrected chi connectivity index (χ0v) is 8.05. The topological polar surface area (TPSA) is 68.0 Å². The first-order valence-corrected chi connectivity index (χ1v) is 4.79. The van der Waals surface area contributed by atoms with E-state index in [9.17, 15) is 4.79 Å². The average molecular weight is 195 g/mol. The summed E-state index contributed by atoms with van der Waals surface area (Å²) in [6.07, 6.45) is 3.87. The van der Waals surface area contributed by atoms with E-state index >= 15 is 0 Å². The van der Waals surface area contributed by atoms with Gasteiger partial charge >= 0.3 is 5.97 Å². The molecule has 1 aliphatic carbocycles. The predicted octanol–water partition coefficient (Wildman–Crippen LogP) is 0.876. The monoisotopic (exact) mass is 195 g/mol. The molecule has 5 nitrogen and oxygen atoms in total. The van der Waals surface area contributed by atoms with Gasteiger partial charge in [-0.1, -0.05) is 0 Å². The van der Waals surface area contributed by atoms with E-state index < -0.39 is 11.9 Å². The first-order chi connectivity index (χ1) is 6.68. The SMILES string of the molecule is CC(C(=O)O)c1ncnn1CC1CC1. The highest BCUT2D eigenvalue weighted by Crippen LogP contribution is 2.31. The third kappa shape index (κ3) is 1.76. The zero-order chi connectivity index (χ0) is 10.1. The molecular formula is C9H13N3O2. The molecular weight excluding hydrogens is 182 g/mol. The molecule has 1 aromatic rings. The van der Waals surface area contributed by atoms with Crippen LogP contribution in [0.1, 0.15) is 31.5 Å². The van der Waals surface area contributed by atoms with Gasteiger partial charge in [0.1, 0.15) is 18.1 Å². The summed E-state index contributed by atoms with van der Waals surface area (Å²) in [5.41, 5.74) is 0. The van der Waals surface area contributed by atoms with Gasteiger partial charge in [0.05, 0.1) is 0 Å². The van der Waals surface area contributed by atoms with Gasteiger partial charge < -0.3 is 5.11 Å². The molecule has 1 fully saturated rings. The number of aromatic nitrogens is 3. The molecule has 5 heteroatoms. The number of aliphatic carboxylic acids is 1. The van der Waals surface area contributed by atoms with Crippen molar-refractivity contribution in [3.8, 4) is 0 Å². The van der Waals surface area contributed by atoms with E-state index in [4.69, 9.17) is 5.11 Å². The van der Waals surface area contributed by atoms with Gasteiger partial charge in [0.15, 0.2) is 0 Å². The van der Waals surface area contributed by atoms with Gasteiger partial charge in [-0.2, -0.15) is 5.10 Å². The minimum absolute atomic E-state index is 0.560. The van der Waals surface area contributed by atoms with Crippen LogP contribution in [0.3, 0.4) is 0 Å². The lowest BCUT2D eigenvalue weighted by Gasteiger charge is -2.07. The molecule has 1 unspecified atom stereocenters. The van der Waals surface area contributed by atoms with Gasteiger partial charge in [-0.15, -0.1) is 0 Å². The van der Waals surface area contributed by atoms with E-state index in [1.54, 1.807) is 11.6 Å². The summed E-state index contributed by atoms with van der Waals surface area (Å²) in [4.78, 5) is 14.8. The van der Waals surface area contributed by atoms with E-state index in [1.807, 2.05) is 0 Å². The largest absolute Gasteiger partial charge is 0.481 e. The second-order valence-electron chi connectivity index (χ2n) is 3.80. The lowest BCUT2D eigenvalue weighted by molar-refractivity contribution is -0.138. The van der Waals surface area contributed by atoms with E-state index in [0.717, 1.165) is 6.54 Å². The summed E-state index contributed by atoms with van der Waals surface area (Å²) < 4.78 is 1.72. The van der Waals surface area contributed by atoms with Crippen molar-refractivity contribution in [3.05, 3.63) is 12.2 Å². The summed E-state index contributed by atoms with van der Waals surface area (Å²) in [6.45, 7) is 2.45. The third-order valence-electron chi connectivity index (χ3n) is 2.53. The zero-order valence-electron chi connectivity index (χ0n) is 8.05. The smallest absolute Gasteiger partial charge is 0.313 e. The first kappa shape index (κ1) is 9.18. The van der Waals surface area contributed by atoms with Gasteiger partial charge in [0, 0.05) is 6.54 Å². The number of carboxylic acid groups (broad SMARTS) is 1. The molecule has 0 bridgehead atoms. The van der Waals surface area contributed by atoms with Crippen LogP contribution in [0.15, 0.2) is 6.33 Å². The van der Waals surface area contributed by atoms with E-state index in [1.165, 1.54) is 19.2 Å². The normalized spacial score (nSPS) is 18.1. The molecule has 1 saturated carbocycles. The van der Waals surface area contributed by atoms with Gasteiger partial charge in [-0.3, -0.25) is 4.79 Å². The maximum atomic E-state index is 10.8. The molecule has 1 atom stereocenters. The maximum Gasteiger partial charge on any atom is 0.313 e. The van der Waals surface area contributed by atoms with Crippen LogP contribution in [0.25, 0.3) is 0 Å². The van der Waals surface area contributed by atoms with Crippen molar-refractivity contribution in [1.82, 2.24) is 14.8 Å². The molecule has 76 valence electrons. The van der Waals surface area contributed by atoms with Crippen molar-refractivity contribution < 1.29 is 9.90 Å². The highest BCUT2D eigenvalue weighted by atomic mass is 16.4. The van der Waals surface area contributed by atoms with Crippen LogP contribution in [0, 0.1) is 5.92 Å². The Balaban J connectivity index is 2.14. The summed E-state index contributed by atoms with van der Waals surface area (Å²) in [7, 11) is 0. The standard InChI is InChI=1S/C9H13N3O2/c1-6(9(13)14)8-10-5-11-12(8)4-7-2-3-7/h5-7H,2-4H2,1H3,(H,13,14). The maximum absolute atomic E-state index is 10.8. The van der Waals surface area contributed by atoms with Crippen LogP contribution in [0.2, 0.25) is 0 Å². The molecule has 0 spiro atoms. The highest BCUT2D eigenvalue weighted by molar-refractivity contribution is 5.74. The number of hydrogen-bond donors (Lipinski definition) is 1. The summed E-state index contributed by atoms with van der Waals surface area (Å²) in [5, 5.41) is 12.9. The van der Waals surface area contributed by atoms with E-state index in [2.05, 4.69) is 10.1 Å². The summed E-state index contributed by atoms with van der Waals surface area (Å²) >= 11 is 0. The predicted molar refractivity (Wildman–Crippen MR) is 48.8 cm³/mol. The Kier molecular flexibility index (Phi) is 2.23. The number of hydrogen-bond acceptors (Lipinski definition) is 3. The minimum Gasteiger partial charge on any atom is -0.481 e. The Hall–Kier alpha value is -1.39. The van der Waals surface area contributed by atoms with Crippen molar-refractivity contribution in [1.29, 1.82) is 0 Å². The molecule has 14 heavy (non-hydrogen) atoms. The van der Waals surface area contributed by atoms with Gasteiger partial charge in [0.2, 0.25) is 0 Å². The minimum atomic E-state index is -0.852. The lowest BCUT2D eigenvalue weighted by atomic mass is 10.2. The average Bonchev–Trinajstić information content (AvgIpc) is 2.82. The Morgan fingerprint density at radius 2 is 2.50 bits per heavy atom. The molecule has 1 heterocycles. The molecule has 0 radical (unpaired) electrons. The highest BCUT2D eigenvalue weighted by Gasteiger charge is 2.26. The van der Waals surface area contributed by atoms with Gasteiger partial charge in [-0.25, -0.2) is 9.67 Å². The molecule has 0 aromatic carbocycles. The fraction of sp³-hybridized carbons (Fsp3) is 0.667. The van der Waals surface area contributed by atoms with Crippen molar-refractivity contribution >= 4 is 5.97 Å². The first-order valence-electron chi connectivity index (χ1n) is 4.79. The Morgan fingerprint density at radius 3 is 3.07 bits per heavy atom. The molecule has 1 aromatic heterocycles. The van der Waals surface area contributed by atoms with E-state index in [0.29, 0.717) is 11.7 Å². The number of rotatable bonds is 4. The fourth-order valence-electron chi connectivity index (χ4n) is 1.40. The Labute approximate surface area is 81.8 Å². The third-order valence-corrected chi connectivity index (χ3v) is 2.53. The molecule has 0 amide bonds. The Bertz CT molecular complexity index is 344. The van der Waals surface area contributed by atoms with Crippen molar-refractivity contribution in [2.45, 2.75) is 32.2 Å². The number of nitrogens with zero attached hydrogens (tertiary/aromatic N) is 3. The van der Waals surface area contributed by atoms with Gasteiger partial charge in [-0.05, 0) is 25.7 Å². The molecule has 1 N–H and O–H groups in total. The quantitative estimate of drug-likeness (QED) is 0.774. The second-order valence-corrected chi connectivity index (χ2v) is 3.80. The number of carboxylic acids is 1. The Morgan fingerprint density at radius 1 is 1.79 bits per heavy atom. The lowest BCUT2D eigenvalue weighted by Crippen LogP contribution is -2.16. The van der Waals surface area contributed by atoms with E-state index in [-0.39, 0.29) is 0 Å². The second kappa shape index (κ2) is 3.40. The van der Waals surface area contributed by atoms with Gasteiger partial charge in [0.25, 0.3) is 0 Å². The van der Waals surface area contributed by atoms with Crippen LogP contribution < -0.4 is 0 Å². The molecule has 0 saturated heterocycles. The summed E-state index contributed by atoms with van der Waals surface area (Å²) in [6, 6.07) is 0. The van der Waals surface area contributed by atoms with Crippen molar-refractivity contribution in [2.24, 2.45) is 5.92 Å². The van der Waals surface area contributed by atoms with Crippen LogP contribution in [0.4, 0.5) is 0 Å². The number of carbonyl (C=O) groups is 1.